The number of aromatic hydroxyl groups is 1. The molecule has 1 heterocycles. The predicted molar refractivity (Wildman–Crippen MR) is 118 cm³/mol. The summed E-state index contributed by atoms with van der Waals surface area (Å²) in [6.45, 7) is 3.84. The van der Waals surface area contributed by atoms with Gasteiger partial charge in [-0.2, -0.15) is 10.2 Å². The summed E-state index contributed by atoms with van der Waals surface area (Å²) in [6.07, 6.45) is 3.43. The Bertz CT molecular complexity index is 1020. The molecule has 0 spiro atoms. The second-order valence-electron chi connectivity index (χ2n) is 7.06. The number of hydrogen-bond donors (Lipinski definition) is 2. The van der Waals surface area contributed by atoms with Crippen LogP contribution >= 0.6 is 23.2 Å². The van der Waals surface area contributed by atoms with Crippen molar-refractivity contribution in [3.05, 3.63) is 75.5 Å². The maximum Gasteiger partial charge on any atom is 0.262 e. The number of phenolic OH excluding ortho intramolecular Hbond substituents is 1. The molecule has 0 aliphatic rings. The zero-order valence-electron chi connectivity index (χ0n) is 16.5. The van der Waals surface area contributed by atoms with Gasteiger partial charge in [-0.15, -0.1) is 0 Å². The summed E-state index contributed by atoms with van der Waals surface area (Å²) < 4.78 is 5.52. The van der Waals surface area contributed by atoms with Crippen LogP contribution in [0.15, 0.2) is 48.8 Å². The Hall–Kier alpha value is -2.83. The standard InChI is InChI=1S/C22H21Cl2N3O3/c1-13(2)17-7-14(3-4-21(17)28)8-18-19(23)9-16(10-20(18)24)30-12-22(29)27-15-5-6-25-26-11-15/h3-7,9-11,13,28H,8,12H2,1-2H3,(H,25,27,29). The zero-order valence-corrected chi connectivity index (χ0v) is 18.0. The molecule has 2 aromatic carbocycles. The minimum atomic E-state index is -0.343. The van der Waals surface area contributed by atoms with E-state index in [1.165, 1.54) is 12.4 Å². The fourth-order valence-electron chi connectivity index (χ4n) is 2.92. The first-order valence-corrected chi connectivity index (χ1v) is 10.1. The minimum Gasteiger partial charge on any atom is -0.508 e. The molecule has 6 nitrogen and oxygen atoms in total. The molecule has 3 rings (SSSR count). The number of phenols is 1. The van der Waals surface area contributed by atoms with Crippen LogP contribution < -0.4 is 10.1 Å². The lowest BCUT2D eigenvalue weighted by Crippen LogP contribution is -2.20. The molecule has 30 heavy (non-hydrogen) atoms. The van der Waals surface area contributed by atoms with Gasteiger partial charge in [-0.3, -0.25) is 4.79 Å². The molecular formula is C22H21Cl2N3O3. The van der Waals surface area contributed by atoms with E-state index in [1.807, 2.05) is 26.0 Å². The molecule has 0 saturated carbocycles. The van der Waals surface area contributed by atoms with Gasteiger partial charge in [0.2, 0.25) is 0 Å². The van der Waals surface area contributed by atoms with Crippen LogP contribution in [-0.2, 0) is 11.2 Å². The lowest BCUT2D eigenvalue weighted by molar-refractivity contribution is -0.118. The third-order valence-electron chi connectivity index (χ3n) is 4.45. The SMILES string of the molecule is CC(C)c1cc(Cc2c(Cl)cc(OCC(=O)Nc3ccnnc3)cc2Cl)ccc1O. The second kappa shape index (κ2) is 9.78. The number of rotatable bonds is 7. The number of amides is 1. The number of hydrogen-bond acceptors (Lipinski definition) is 5. The Labute approximate surface area is 184 Å². The summed E-state index contributed by atoms with van der Waals surface area (Å²) in [5.41, 5.74) is 3.13. The maximum absolute atomic E-state index is 12.0. The van der Waals surface area contributed by atoms with Crippen molar-refractivity contribution in [1.82, 2.24) is 10.2 Å². The van der Waals surface area contributed by atoms with Gasteiger partial charge < -0.3 is 15.2 Å². The lowest BCUT2D eigenvalue weighted by Gasteiger charge is -2.14. The van der Waals surface area contributed by atoms with Crippen molar-refractivity contribution in [3.8, 4) is 11.5 Å². The summed E-state index contributed by atoms with van der Waals surface area (Å²) in [4.78, 5) is 12.0. The molecule has 0 aliphatic heterocycles. The topological polar surface area (TPSA) is 84.3 Å². The van der Waals surface area contributed by atoms with Crippen LogP contribution in [0.2, 0.25) is 10.0 Å². The van der Waals surface area contributed by atoms with E-state index in [2.05, 4.69) is 15.5 Å². The third kappa shape index (κ3) is 5.62. The van der Waals surface area contributed by atoms with E-state index in [4.69, 9.17) is 27.9 Å². The normalized spacial score (nSPS) is 10.8. The van der Waals surface area contributed by atoms with E-state index < -0.39 is 0 Å². The Morgan fingerprint density at radius 2 is 1.87 bits per heavy atom. The molecule has 8 heteroatoms. The van der Waals surface area contributed by atoms with Gasteiger partial charge in [0.1, 0.15) is 11.5 Å². The van der Waals surface area contributed by atoms with E-state index in [0.29, 0.717) is 27.9 Å². The summed E-state index contributed by atoms with van der Waals surface area (Å²) in [6, 6.07) is 10.4. The van der Waals surface area contributed by atoms with Crippen molar-refractivity contribution in [3.63, 3.8) is 0 Å². The first-order valence-electron chi connectivity index (χ1n) is 9.32. The first-order chi connectivity index (χ1) is 14.3. The minimum absolute atomic E-state index is 0.195. The number of aromatic nitrogens is 2. The van der Waals surface area contributed by atoms with E-state index in [-0.39, 0.29) is 24.2 Å². The highest BCUT2D eigenvalue weighted by Gasteiger charge is 2.13. The van der Waals surface area contributed by atoms with Crippen LogP contribution in [0.1, 0.15) is 36.5 Å². The molecule has 2 N–H and O–H groups in total. The monoisotopic (exact) mass is 445 g/mol. The fourth-order valence-corrected chi connectivity index (χ4v) is 3.52. The largest absolute Gasteiger partial charge is 0.508 e. The molecule has 0 aliphatic carbocycles. The number of halogens is 2. The van der Waals surface area contributed by atoms with Gasteiger partial charge in [-0.25, -0.2) is 0 Å². The van der Waals surface area contributed by atoms with Gasteiger partial charge in [-0.1, -0.05) is 49.2 Å². The number of benzene rings is 2. The van der Waals surface area contributed by atoms with Crippen molar-refractivity contribution in [2.75, 3.05) is 11.9 Å². The van der Waals surface area contributed by atoms with Gasteiger partial charge in [0.25, 0.3) is 5.91 Å². The van der Waals surface area contributed by atoms with Gasteiger partial charge in [0, 0.05) is 16.5 Å². The molecular weight excluding hydrogens is 425 g/mol. The van der Waals surface area contributed by atoms with Gasteiger partial charge in [0.15, 0.2) is 6.61 Å². The number of nitrogens with one attached hydrogen (secondary N) is 1. The highest BCUT2D eigenvalue weighted by molar-refractivity contribution is 6.36. The highest BCUT2D eigenvalue weighted by atomic mass is 35.5. The molecule has 0 unspecified atom stereocenters. The third-order valence-corrected chi connectivity index (χ3v) is 5.12. The fraction of sp³-hybridized carbons (Fsp3) is 0.227. The number of carbonyl (C=O) groups excluding carboxylic acids is 1. The Morgan fingerprint density at radius 3 is 2.50 bits per heavy atom. The van der Waals surface area contributed by atoms with E-state index >= 15 is 0 Å². The first kappa shape index (κ1) is 21.9. The van der Waals surface area contributed by atoms with Crippen LogP contribution in [-0.4, -0.2) is 27.8 Å². The molecule has 0 saturated heterocycles. The van der Waals surface area contributed by atoms with Crippen molar-refractivity contribution < 1.29 is 14.6 Å². The molecule has 0 radical (unpaired) electrons. The maximum atomic E-state index is 12.0. The van der Waals surface area contributed by atoms with Crippen LogP contribution in [0.4, 0.5) is 5.69 Å². The van der Waals surface area contributed by atoms with Crippen LogP contribution in [0.5, 0.6) is 11.5 Å². The number of nitrogens with zero attached hydrogens (tertiary/aromatic N) is 2. The van der Waals surface area contributed by atoms with Gasteiger partial charge in [-0.05, 0) is 46.9 Å². The molecule has 0 bridgehead atoms. The van der Waals surface area contributed by atoms with Crippen LogP contribution in [0.25, 0.3) is 0 Å². The Morgan fingerprint density at radius 1 is 1.13 bits per heavy atom. The van der Waals surface area contributed by atoms with Crippen molar-refractivity contribution in [1.29, 1.82) is 0 Å². The van der Waals surface area contributed by atoms with Crippen LogP contribution in [0.3, 0.4) is 0 Å². The van der Waals surface area contributed by atoms with Crippen molar-refractivity contribution in [2.24, 2.45) is 0 Å². The smallest absolute Gasteiger partial charge is 0.262 e. The molecule has 0 fully saturated rings. The van der Waals surface area contributed by atoms with E-state index in [1.54, 1.807) is 24.3 Å². The van der Waals surface area contributed by atoms with Gasteiger partial charge >= 0.3 is 0 Å². The van der Waals surface area contributed by atoms with Gasteiger partial charge in [0.05, 0.1) is 18.1 Å². The predicted octanol–water partition coefficient (Wildman–Crippen LogP) is 5.22. The summed E-state index contributed by atoms with van der Waals surface area (Å²) in [5.74, 6) is 0.520. The van der Waals surface area contributed by atoms with Crippen LogP contribution in [0, 0.1) is 0 Å². The van der Waals surface area contributed by atoms with E-state index in [9.17, 15) is 9.90 Å². The lowest BCUT2D eigenvalue weighted by atomic mass is 9.96. The molecule has 3 aromatic rings. The summed E-state index contributed by atoms with van der Waals surface area (Å²) >= 11 is 12.9. The summed E-state index contributed by atoms with van der Waals surface area (Å²) in [7, 11) is 0. The zero-order chi connectivity index (χ0) is 21.7. The number of anilines is 1. The molecule has 156 valence electrons. The molecule has 0 atom stereocenters. The Kier molecular flexibility index (Phi) is 7.13. The second-order valence-corrected chi connectivity index (χ2v) is 7.87. The highest BCUT2D eigenvalue weighted by Crippen LogP contribution is 2.34. The average molecular weight is 446 g/mol. The quantitative estimate of drug-likeness (QED) is 0.520. The molecule has 1 amide bonds. The van der Waals surface area contributed by atoms with E-state index in [0.717, 1.165) is 16.7 Å². The summed E-state index contributed by atoms with van der Waals surface area (Å²) in [5, 5.41) is 20.9. The van der Waals surface area contributed by atoms with Crippen molar-refractivity contribution in [2.45, 2.75) is 26.2 Å². The molecule has 1 aromatic heterocycles. The number of ether oxygens (including phenoxy) is 1. The Balaban J connectivity index is 1.68. The van der Waals surface area contributed by atoms with Crippen molar-refractivity contribution >= 4 is 34.8 Å². The average Bonchev–Trinajstić information content (AvgIpc) is 2.71. The number of carbonyl (C=O) groups is 1.